The maximum atomic E-state index is 13.2. The molecule has 0 aromatic heterocycles. The first kappa shape index (κ1) is 22.9. The van der Waals surface area contributed by atoms with Crippen LogP contribution < -0.4 is 5.48 Å². The molecule has 0 atom stereocenters. The van der Waals surface area contributed by atoms with E-state index in [2.05, 4.69) is 15.9 Å². The quantitative estimate of drug-likeness (QED) is 0.431. The molecule has 0 saturated carbocycles. The van der Waals surface area contributed by atoms with Gasteiger partial charge in [0.15, 0.2) is 0 Å². The molecule has 1 amide bonds. The van der Waals surface area contributed by atoms with E-state index in [-0.39, 0.29) is 23.8 Å². The van der Waals surface area contributed by atoms with E-state index in [1.807, 2.05) is 24.3 Å². The molecule has 1 saturated heterocycles. The van der Waals surface area contributed by atoms with Crippen molar-refractivity contribution in [3.8, 4) is 0 Å². The molecule has 1 heterocycles. The molecule has 0 bridgehead atoms. The number of carbonyl (C=O) groups is 1. The van der Waals surface area contributed by atoms with Gasteiger partial charge in [0.1, 0.15) is 0 Å². The van der Waals surface area contributed by atoms with E-state index in [1.165, 1.54) is 4.31 Å². The van der Waals surface area contributed by atoms with Crippen LogP contribution in [0.15, 0.2) is 57.9 Å². The Kier molecular flexibility index (Phi) is 8.01. The highest BCUT2D eigenvalue weighted by Crippen LogP contribution is 2.26. The maximum Gasteiger partial charge on any atom is 0.243 e. The van der Waals surface area contributed by atoms with Crippen LogP contribution >= 0.6 is 15.9 Å². The number of halogens is 1. The van der Waals surface area contributed by atoms with Crippen molar-refractivity contribution in [1.29, 1.82) is 0 Å². The lowest BCUT2D eigenvalue weighted by molar-refractivity contribution is -0.129. The van der Waals surface area contributed by atoms with Crippen molar-refractivity contribution in [2.75, 3.05) is 13.1 Å². The highest BCUT2D eigenvalue weighted by molar-refractivity contribution is 9.10. The lowest BCUT2D eigenvalue weighted by atomic mass is 10.1. The molecule has 9 heteroatoms. The molecule has 1 aliphatic rings. The van der Waals surface area contributed by atoms with Crippen LogP contribution in [-0.4, -0.2) is 43.0 Å². The number of sulfonamides is 1. The minimum absolute atomic E-state index is 0.00893. The number of piperidine rings is 1. The molecule has 0 radical (unpaired) electrons. The number of nitrogens with zero attached hydrogens (tertiary/aromatic N) is 1. The molecule has 1 aliphatic heterocycles. The van der Waals surface area contributed by atoms with Crippen molar-refractivity contribution < 1.29 is 23.2 Å². The summed E-state index contributed by atoms with van der Waals surface area (Å²) in [6, 6.07) is 14.6. The number of ether oxygens (including phenoxy) is 1. The zero-order chi connectivity index (χ0) is 21.6. The van der Waals surface area contributed by atoms with E-state index in [0.29, 0.717) is 38.1 Å². The molecule has 3 rings (SSSR count). The molecule has 0 unspecified atom stereocenters. The number of hydroxylamine groups is 1. The van der Waals surface area contributed by atoms with Crippen LogP contribution in [0.2, 0.25) is 0 Å². The van der Waals surface area contributed by atoms with Crippen LogP contribution in [0.25, 0.3) is 0 Å². The van der Waals surface area contributed by atoms with Crippen LogP contribution in [-0.2, 0) is 32.6 Å². The summed E-state index contributed by atoms with van der Waals surface area (Å²) in [6.07, 6.45) is 1.52. The Morgan fingerprint density at radius 2 is 1.80 bits per heavy atom. The molecular formula is C21H25BrN2O5S. The zero-order valence-corrected chi connectivity index (χ0v) is 18.9. The molecule has 162 valence electrons. The summed E-state index contributed by atoms with van der Waals surface area (Å²) >= 11 is 3.41. The first-order valence-electron chi connectivity index (χ1n) is 9.77. The predicted octanol–water partition coefficient (Wildman–Crippen LogP) is 3.26. The van der Waals surface area contributed by atoms with Crippen LogP contribution in [0, 0.1) is 0 Å². The van der Waals surface area contributed by atoms with Crippen LogP contribution in [0.4, 0.5) is 0 Å². The Labute approximate surface area is 185 Å². The second-order valence-electron chi connectivity index (χ2n) is 7.18. The smallest absolute Gasteiger partial charge is 0.243 e. The van der Waals surface area contributed by atoms with Gasteiger partial charge in [0.05, 0.1) is 17.6 Å². The highest BCUT2D eigenvalue weighted by Gasteiger charge is 2.31. The summed E-state index contributed by atoms with van der Waals surface area (Å²) in [7, 11) is -3.66. The predicted molar refractivity (Wildman–Crippen MR) is 115 cm³/mol. The second-order valence-corrected chi connectivity index (χ2v) is 10.0. The van der Waals surface area contributed by atoms with E-state index < -0.39 is 15.9 Å². The third kappa shape index (κ3) is 5.89. The van der Waals surface area contributed by atoms with Crippen molar-refractivity contribution in [1.82, 2.24) is 9.79 Å². The monoisotopic (exact) mass is 496 g/mol. The van der Waals surface area contributed by atoms with E-state index >= 15 is 0 Å². The van der Waals surface area contributed by atoms with Crippen LogP contribution in [0.5, 0.6) is 0 Å². The second kappa shape index (κ2) is 10.5. The zero-order valence-electron chi connectivity index (χ0n) is 16.5. The summed E-state index contributed by atoms with van der Waals surface area (Å²) in [6.45, 7) is 1.28. The van der Waals surface area contributed by atoms with E-state index in [9.17, 15) is 13.2 Å². The number of rotatable bonds is 8. The average molecular weight is 497 g/mol. The van der Waals surface area contributed by atoms with Crippen LogP contribution in [0.1, 0.15) is 30.4 Å². The first-order valence-corrected chi connectivity index (χ1v) is 12.0. The van der Waals surface area contributed by atoms with Gasteiger partial charge in [-0.15, -0.1) is 0 Å². The molecule has 2 aromatic carbocycles. The third-order valence-corrected chi connectivity index (χ3v) is 7.66. The van der Waals surface area contributed by atoms with E-state index in [1.54, 1.807) is 29.7 Å². The number of nitrogens with one attached hydrogen (secondary N) is 1. The van der Waals surface area contributed by atoms with Gasteiger partial charge in [0.25, 0.3) is 0 Å². The van der Waals surface area contributed by atoms with Gasteiger partial charge in [-0.1, -0.05) is 46.3 Å². The number of hydrogen-bond donors (Lipinski definition) is 2. The third-order valence-electron chi connectivity index (χ3n) is 5.14. The summed E-state index contributed by atoms with van der Waals surface area (Å²) in [4.78, 5) is 11.5. The maximum absolute atomic E-state index is 13.2. The lowest BCUT2D eigenvalue weighted by Crippen LogP contribution is -2.41. The molecule has 1 fully saturated rings. The fourth-order valence-electron chi connectivity index (χ4n) is 3.44. The van der Waals surface area contributed by atoms with E-state index in [4.69, 9.17) is 9.94 Å². The van der Waals surface area contributed by atoms with Gasteiger partial charge in [0, 0.05) is 24.0 Å². The first-order chi connectivity index (χ1) is 14.4. The molecule has 0 aliphatic carbocycles. The van der Waals surface area contributed by atoms with Gasteiger partial charge in [-0.25, -0.2) is 13.9 Å². The van der Waals surface area contributed by atoms with Crippen molar-refractivity contribution in [3.63, 3.8) is 0 Å². The Bertz CT molecular complexity index is 958. The topological polar surface area (TPSA) is 95.9 Å². The Morgan fingerprint density at radius 1 is 1.13 bits per heavy atom. The molecule has 30 heavy (non-hydrogen) atoms. The minimum atomic E-state index is -3.66. The minimum Gasteiger partial charge on any atom is -0.373 e. The molecule has 0 spiro atoms. The molecule has 2 N–H and O–H groups in total. The molecule has 7 nitrogen and oxygen atoms in total. The van der Waals surface area contributed by atoms with Gasteiger partial charge in [-0.05, 0) is 48.6 Å². The number of benzene rings is 2. The molecular weight excluding hydrogens is 472 g/mol. The SMILES string of the molecule is O=C(CCc1ccccc1S(=O)(=O)N1CCC(OCc2ccc(Br)cc2)CC1)NO. The average Bonchev–Trinajstić information content (AvgIpc) is 2.77. The normalized spacial score (nSPS) is 15.8. The molecule has 2 aromatic rings. The lowest BCUT2D eigenvalue weighted by Gasteiger charge is -2.31. The Morgan fingerprint density at radius 3 is 2.47 bits per heavy atom. The van der Waals surface area contributed by atoms with Crippen molar-refractivity contribution in [3.05, 3.63) is 64.1 Å². The van der Waals surface area contributed by atoms with Crippen molar-refractivity contribution >= 4 is 31.9 Å². The van der Waals surface area contributed by atoms with Gasteiger partial charge in [-0.3, -0.25) is 10.0 Å². The van der Waals surface area contributed by atoms with E-state index in [0.717, 1.165) is 10.0 Å². The van der Waals surface area contributed by atoms with Gasteiger partial charge < -0.3 is 4.74 Å². The highest BCUT2D eigenvalue weighted by atomic mass is 79.9. The fraction of sp³-hybridized carbons (Fsp3) is 0.381. The Balaban J connectivity index is 1.59. The number of amides is 1. The number of hydrogen-bond acceptors (Lipinski definition) is 5. The summed E-state index contributed by atoms with van der Waals surface area (Å²) in [5.74, 6) is -0.550. The van der Waals surface area contributed by atoms with Crippen molar-refractivity contribution in [2.45, 2.75) is 43.3 Å². The largest absolute Gasteiger partial charge is 0.373 e. The van der Waals surface area contributed by atoms with Crippen LogP contribution in [0.3, 0.4) is 0 Å². The number of carbonyl (C=O) groups excluding carboxylic acids is 1. The summed E-state index contributed by atoms with van der Waals surface area (Å²) in [5, 5.41) is 8.66. The van der Waals surface area contributed by atoms with Gasteiger partial charge in [-0.2, -0.15) is 4.31 Å². The number of aryl methyl sites for hydroxylation is 1. The standard InChI is InChI=1S/C21H25BrN2O5S/c22-18-8-5-16(6-9-18)15-29-19-11-13-24(14-12-19)30(27,28)20-4-2-1-3-17(20)7-10-21(25)23-26/h1-6,8-9,19,26H,7,10-15H2,(H,23,25). The van der Waals surface area contributed by atoms with Gasteiger partial charge >= 0.3 is 0 Å². The van der Waals surface area contributed by atoms with Gasteiger partial charge in [0.2, 0.25) is 15.9 Å². The fourth-order valence-corrected chi connectivity index (χ4v) is 5.43. The van der Waals surface area contributed by atoms with Crippen molar-refractivity contribution in [2.24, 2.45) is 0 Å². The summed E-state index contributed by atoms with van der Waals surface area (Å²) in [5.41, 5.74) is 3.22. The Hall–Kier alpha value is -1.78. The summed E-state index contributed by atoms with van der Waals surface area (Å²) < 4.78 is 34.8.